The van der Waals surface area contributed by atoms with Gasteiger partial charge in [-0.05, 0) is 87.2 Å². The molecule has 0 aliphatic carbocycles. The quantitative estimate of drug-likeness (QED) is 0.811. The van der Waals surface area contributed by atoms with Gasteiger partial charge < -0.3 is 10.1 Å². The van der Waals surface area contributed by atoms with E-state index in [-0.39, 0.29) is 12.5 Å². The molecule has 1 N–H and O–H groups in total. The summed E-state index contributed by atoms with van der Waals surface area (Å²) in [6.07, 6.45) is 3.95. The van der Waals surface area contributed by atoms with E-state index in [4.69, 9.17) is 4.74 Å². The average Bonchev–Trinajstić information content (AvgIpc) is 2.66. The van der Waals surface area contributed by atoms with Gasteiger partial charge in [0.25, 0.3) is 5.91 Å². The van der Waals surface area contributed by atoms with Crippen LogP contribution in [-0.2, 0) is 11.3 Å². The molecule has 1 amide bonds. The van der Waals surface area contributed by atoms with Gasteiger partial charge in [0.2, 0.25) is 0 Å². The molecule has 0 spiro atoms. The molecule has 0 atom stereocenters. The molecule has 0 bridgehead atoms. The lowest BCUT2D eigenvalue weighted by Crippen LogP contribution is -2.29. The van der Waals surface area contributed by atoms with Gasteiger partial charge in [-0.25, -0.2) is 0 Å². The number of hydrogen-bond acceptors (Lipinski definition) is 3. The number of ether oxygens (including phenoxy) is 1. The summed E-state index contributed by atoms with van der Waals surface area (Å²) in [7, 11) is 0. The predicted molar refractivity (Wildman–Crippen MR) is 110 cm³/mol. The summed E-state index contributed by atoms with van der Waals surface area (Å²) in [5.41, 5.74) is 5.49. The lowest BCUT2D eigenvalue weighted by molar-refractivity contribution is -0.118. The predicted octanol–water partition coefficient (Wildman–Crippen LogP) is 4.62. The molecular formula is C23H30N2O2. The van der Waals surface area contributed by atoms with Crippen LogP contribution in [0.5, 0.6) is 5.75 Å². The standard InChI is InChI=1S/C23H30N2O2/c1-17-13-18(2)19(3)22(14-17)27-16-23(26)24-21-9-7-20(8-10-21)15-25-11-5-4-6-12-25/h7-10,13-14H,4-6,11-12,15-16H2,1-3H3,(H,24,26). The number of nitrogens with zero attached hydrogens (tertiary/aromatic N) is 1. The molecular weight excluding hydrogens is 336 g/mol. The van der Waals surface area contributed by atoms with Crippen molar-refractivity contribution in [3.05, 3.63) is 58.7 Å². The third kappa shape index (κ3) is 5.57. The van der Waals surface area contributed by atoms with E-state index < -0.39 is 0 Å². The molecule has 144 valence electrons. The van der Waals surface area contributed by atoms with E-state index in [0.29, 0.717) is 0 Å². The Morgan fingerprint density at radius 2 is 1.74 bits per heavy atom. The number of hydrogen-bond donors (Lipinski definition) is 1. The van der Waals surface area contributed by atoms with Gasteiger partial charge in [0.15, 0.2) is 6.61 Å². The highest BCUT2D eigenvalue weighted by Crippen LogP contribution is 2.23. The van der Waals surface area contributed by atoms with Crippen molar-refractivity contribution in [3.63, 3.8) is 0 Å². The SMILES string of the molecule is Cc1cc(C)c(C)c(OCC(=O)Nc2ccc(CN3CCCCC3)cc2)c1. The van der Waals surface area contributed by atoms with Crippen molar-refractivity contribution >= 4 is 11.6 Å². The van der Waals surface area contributed by atoms with Crippen molar-refractivity contribution in [1.29, 1.82) is 0 Å². The molecule has 1 heterocycles. The molecule has 0 radical (unpaired) electrons. The number of rotatable bonds is 6. The molecule has 1 aliphatic rings. The van der Waals surface area contributed by atoms with E-state index in [1.54, 1.807) is 0 Å². The fourth-order valence-corrected chi connectivity index (χ4v) is 3.56. The van der Waals surface area contributed by atoms with Crippen molar-refractivity contribution in [3.8, 4) is 5.75 Å². The van der Waals surface area contributed by atoms with Crippen LogP contribution in [-0.4, -0.2) is 30.5 Å². The number of carbonyl (C=O) groups is 1. The number of nitrogens with one attached hydrogen (secondary N) is 1. The monoisotopic (exact) mass is 366 g/mol. The van der Waals surface area contributed by atoms with Crippen molar-refractivity contribution < 1.29 is 9.53 Å². The largest absolute Gasteiger partial charge is 0.483 e. The molecule has 0 unspecified atom stereocenters. The number of piperidine rings is 1. The number of likely N-dealkylation sites (tertiary alicyclic amines) is 1. The summed E-state index contributed by atoms with van der Waals surface area (Å²) < 4.78 is 5.74. The summed E-state index contributed by atoms with van der Waals surface area (Å²) >= 11 is 0. The van der Waals surface area contributed by atoms with Gasteiger partial charge in [-0.3, -0.25) is 9.69 Å². The minimum atomic E-state index is -0.141. The second-order valence-electron chi connectivity index (χ2n) is 7.58. The van der Waals surface area contributed by atoms with E-state index in [1.165, 1.54) is 43.5 Å². The first-order valence-electron chi connectivity index (χ1n) is 9.83. The highest BCUT2D eigenvalue weighted by Gasteiger charge is 2.11. The Morgan fingerprint density at radius 1 is 1.04 bits per heavy atom. The summed E-state index contributed by atoms with van der Waals surface area (Å²) in [6.45, 7) is 9.48. The first-order valence-corrected chi connectivity index (χ1v) is 9.83. The van der Waals surface area contributed by atoms with Crippen LogP contribution in [0.25, 0.3) is 0 Å². The zero-order valence-electron chi connectivity index (χ0n) is 16.7. The molecule has 2 aromatic rings. The van der Waals surface area contributed by atoms with Gasteiger partial charge in [-0.2, -0.15) is 0 Å². The zero-order chi connectivity index (χ0) is 19.2. The van der Waals surface area contributed by atoms with Crippen molar-refractivity contribution in [2.45, 2.75) is 46.6 Å². The Bertz CT molecular complexity index is 778. The highest BCUT2D eigenvalue weighted by atomic mass is 16.5. The summed E-state index contributed by atoms with van der Waals surface area (Å²) in [4.78, 5) is 14.7. The van der Waals surface area contributed by atoms with E-state index in [2.05, 4.69) is 35.3 Å². The van der Waals surface area contributed by atoms with E-state index >= 15 is 0 Å². The molecule has 4 heteroatoms. The van der Waals surface area contributed by atoms with Gasteiger partial charge in [0, 0.05) is 12.2 Å². The number of aryl methyl sites for hydroxylation is 2. The lowest BCUT2D eigenvalue weighted by atomic mass is 10.1. The molecule has 1 fully saturated rings. The van der Waals surface area contributed by atoms with Gasteiger partial charge >= 0.3 is 0 Å². The smallest absolute Gasteiger partial charge is 0.262 e. The topological polar surface area (TPSA) is 41.6 Å². The molecule has 0 saturated carbocycles. The van der Waals surface area contributed by atoms with Gasteiger partial charge in [0.05, 0.1) is 0 Å². The maximum absolute atomic E-state index is 12.2. The van der Waals surface area contributed by atoms with Crippen LogP contribution in [0.4, 0.5) is 5.69 Å². The van der Waals surface area contributed by atoms with Crippen LogP contribution in [0.15, 0.2) is 36.4 Å². The summed E-state index contributed by atoms with van der Waals surface area (Å²) in [6, 6.07) is 12.2. The Morgan fingerprint density at radius 3 is 2.44 bits per heavy atom. The third-order valence-corrected chi connectivity index (χ3v) is 5.22. The Hall–Kier alpha value is -2.33. The van der Waals surface area contributed by atoms with Crippen LogP contribution in [0.3, 0.4) is 0 Å². The fraction of sp³-hybridized carbons (Fsp3) is 0.435. The second kappa shape index (κ2) is 9.05. The average molecular weight is 367 g/mol. The first-order chi connectivity index (χ1) is 13.0. The number of carbonyl (C=O) groups excluding carboxylic acids is 1. The van der Waals surface area contributed by atoms with Crippen molar-refractivity contribution in [2.75, 3.05) is 25.0 Å². The molecule has 2 aromatic carbocycles. The number of benzene rings is 2. The van der Waals surface area contributed by atoms with Crippen LogP contribution in [0, 0.1) is 20.8 Å². The summed E-state index contributed by atoms with van der Waals surface area (Å²) in [5, 5.41) is 2.91. The van der Waals surface area contributed by atoms with Gasteiger partial charge in [-0.15, -0.1) is 0 Å². The Kier molecular flexibility index (Phi) is 6.51. The summed E-state index contributed by atoms with van der Waals surface area (Å²) in [5.74, 6) is 0.636. The normalized spacial score (nSPS) is 14.8. The zero-order valence-corrected chi connectivity index (χ0v) is 16.7. The molecule has 0 aromatic heterocycles. The highest BCUT2D eigenvalue weighted by molar-refractivity contribution is 5.91. The van der Waals surface area contributed by atoms with Crippen LogP contribution >= 0.6 is 0 Å². The fourth-order valence-electron chi connectivity index (χ4n) is 3.56. The molecule has 1 aliphatic heterocycles. The third-order valence-electron chi connectivity index (χ3n) is 5.22. The Labute approximate surface area is 162 Å². The van der Waals surface area contributed by atoms with E-state index in [1.807, 2.05) is 32.0 Å². The minimum absolute atomic E-state index is 0.0132. The number of anilines is 1. The number of amides is 1. The molecule has 27 heavy (non-hydrogen) atoms. The first kappa shape index (κ1) is 19.4. The van der Waals surface area contributed by atoms with E-state index in [0.717, 1.165) is 29.1 Å². The van der Waals surface area contributed by atoms with Gasteiger partial charge in [-0.1, -0.05) is 24.6 Å². The van der Waals surface area contributed by atoms with Crippen LogP contribution < -0.4 is 10.1 Å². The van der Waals surface area contributed by atoms with Crippen molar-refractivity contribution in [1.82, 2.24) is 4.90 Å². The molecule has 1 saturated heterocycles. The lowest BCUT2D eigenvalue weighted by Gasteiger charge is -2.26. The second-order valence-corrected chi connectivity index (χ2v) is 7.58. The van der Waals surface area contributed by atoms with E-state index in [9.17, 15) is 4.79 Å². The molecule has 3 rings (SSSR count). The Balaban J connectivity index is 1.50. The van der Waals surface area contributed by atoms with Gasteiger partial charge in [0.1, 0.15) is 5.75 Å². The van der Waals surface area contributed by atoms with Crippen LogP contribution in [0.1, 0.15) is 41.5 Å². The maximum Gasteiger partial charge on any atom is 0.262 e. The van der Waals surface area contributed by atoms with Crippen LogP contribution in [0.2, 0.25) is 0 Å². The molecule has 4 nitrogen and oxygen atoms in total. The van der Waals surface area contributed by atoms with Crippen molar-refractivity contribution in [2.24, 2.45) is 0 Å². The maximum atomic E-state index is 12.2. The minimum Gasteiger partial charge on any atom is -0.483 e.